The Morgan fingerprint density at radius 3 is 2.72 bits per heavy atom. The molecule has 3 aromatic carbocycles. The van der Waals surface area contributed by atoms with Gasteiger partial charge in [-0.25, -0.2) is 4.79 Å². The Kier molecular flexibility index (Phi) is 1.59. The van der Waals surface area contributed by atoms with Crippen molar-refractivity contribution in [3.63, 3.8) is 0 Å². The number of phenolic OH excluding ortho intramolecular Hbond substituents is 1. The molecule has 1 aromatic heterocycles. The molecular formula is C15H8O3. The van der Waals surface area contributed by atoms with Crippen molar-refractivity contribution in [3.05, 3.63) is 52.9 Å². The zero-order valence-corrected chi connectivity index (χ0v) is 9.31. The minimum Gasteiger partial charge on any atom is -0.507 e. The fraction of sp³-hybridized carbons (Fsp3) is 0. The van der Waals surface area contributed by atoms with Crippen LogP contribution in [0.1, 0.15) is 0 Å². The van der Waals surface area contributed by atoms with Gasteiger partial charge >= 0.3 is 5.63 Å². The van der Waals surface area contributed by atoms with Gasteiger partial charge in [-0.05, 0) is 22.9 Å². The van der Waals surface area contributed by atoms with Crippen molar-refractivity contribution < 1.29 is 9.52 Å². The van der Waals surface area contributed by atoms with Crippen LogP contribution in [0, 0.1) is 0 Å². The van der Waals surface area contributed by atoms with Crippen LogP contribution in [-0.4, -0.2) is 5.11 Å². The summed E-state index contributed by atoms with van der Waals surface area (Å²) in [6, 6.07) is 12.5. The molecule has 3 nitrogen and oxygen atoms in total. The van der Waals surface area contributed by atoms with Gasteiger partial charge in [0.05, 0.1) is 0 Å². The van der Waals surface area contributed by atoms with E-state index in [9.17, 15) is 9.90 Å². The van der Waals surface area contributed by atoms with E-state index in [2.05, 4.69) is 0 Å². The van der Waals surface area contributed by atoms with E-state index >= 15 is 0 Å². The zero-order chi connectivity index (χ0) is 12.3. The SMILES string of the molecule is O=c1cc2cc(O)c3cccc4ccc(o1)c2c43. The summed E-state index contributed by atoms with van der Waals surface area (Å²) >= 11 is 0. The van der Waals surface area contributed by atoms with E-state index in [4.69, 9.17) is 4.42 Å². The summed E-state index contributed by atoms with van der Waals surface area (Å²) in [5, 5.41) is 14.4. The van der Waals surface area contributed by atoms with Gasteiger partial charge in [-0.3, -0.25) is 0 Å². The zero-order valence-electron chi connectivity index (χ0n) is 9.31. The first kappa shape index (κ1) is 9.48. The molecule has 3 heteroatoms. The lowest BCUT2D eigenvalue weighted by molar-refractivity contribution is 0.482. The molecule has 0 fully saturated rings. The highest BCUT2D eigenvalue weighted by atomic mass is 16.4. The first-order valence-corrected chi connectivity index (χ1v) is 5.65. The van der Waals surface area contributed by atoms with Crippen LogP contribution in [-0.2, 0) is 0 Å². The predicted octanol–water partition coefficient (Wildman–Crippen LogP) is 3.24. The molecule has 0 atom stereocenters. The second kappa shape index (κ2) is 3.01. The van der Waals surface area contributed by atoms with Crippen molar-refractivity contribution >= 4 is 32.5 Å². The third kappa shape index (κ3) is 1.06. The summed E-state index contributed by atoms with van der Waals surface area (Å²) in [7, 11) is 0. The van der Waals surface area contributed by atoms with Crippen molar-refractivity contribution in [2.45, 2.75) is 0 Å². The van der Waals surface area contributed by atoms with Gasteiger partial charge < -0.3 is 9.52 Å². The van der Waals surface area contributed by atoms with Gasteiger partial charge in [-0.2, -0.15) is 0 Å². The minimum absolute atomic E-state index is 0.186. The van der Waals surface area contributed by atoms with Crippen LogP contribution in [0.2, 0.25) is 0 Å². The smallest absolute Gasteiger partial charge is 0.336 e. The van der Waals surface area contributed by atoms with Crippen molar-refractivity contribution in [2.75, 3.05) is 0 Å². The molecule has 4 rings (SSSR count). The molecule has 1 N–H and O–H groups in total. The van der Waals surface area contributed by atoms with Crippen LogP contribution in [0.5, 0.6) is 5.75 Å². The van der Waals surface area contributed by atoms with Crippen LogP contribution in [0.15, 0.2) is 51.7 Å². The molecule has 1 heterocycles. The van der Waals surface area contributed by atoms with Crippen LogP contribution < -0.4 is 5.63 Å². The monoisotopic (exact) mass is 236 g/mol. The molecule has 0 amide bonds. The number of hydrogen-bond acceptors (Lipinski definition) is 3. The fourth-order valence-electron chi connectivity index (χ4n) is 2.62. The molecule has 0 aliphatic heterocycles. The first-order chi connectivity index (χ1) is 8.74. The average Bonchev–Trinajstić information content (AvgIpc) is 2.36. The molecule has 0 aliphatic rings. The van der Waals surface area contributed by atoms with E-state index < -0.39 is 5.63 Å². The summed E-state index contributed by atoms with van der Waals surface area (Å²) in [4.78, 5) is 11.4. The number of benzene rings is 3. The quantitative estimate of drug-likeness (QED) is 0.376. The molecule has 18 heavy (non-hydrogen) atoms. The molecule has 0 aliphatic carbocycles. The first-order valence-electron chi connectivity index (χ1n) is 5.65. The molecule has 0 unspecified atom stereocenters. The maximum Gasteiger partial charge on any atom is 0.336 e. The Balaban J connectivity index is 2.50. The Hall–Kier alpha value is -2.55. The van der Waals surface area contributed by atoms with Gasteiger partial charge in [-0.1, -0.05) is 24.3 Å². The highest BCUT2D eigenvalue weighted by Gasteiger charge is 2.12. The van der Waals surface area contributed by atoms with E-state index in [0.717, 1.165) is 21.5 Å². The van der Waals surface area contributed by atoms with E-state index in [1.807, 2.05) is 24.3 Å². The van der Waals surface area contributed by atoms with Crippen LogP contribution in [0.4, 0.5) is 0 Å². The Bertz CT molecular complexity index is 950. The minimum atomic E-state index is -0.403. The van der Waals surface area contributed by atoms with Crippen molar-refractivity contribution in [3.8, 4) is 5.75 Å². The lowest BCUT2D eigenvalue weighted by Gasteiger charge is -2.10. The van der Waals surface area contributed by atoms with Gasteiger partial charge in [0.15, 0.2) is 0 Å². The fourth-order valence-corrected chi connectivity index (χ4v) is 2.62. The van der Waals surface area contributed by atoms with E-state index in [1.165, 1.54) is 6.07 Å². The van der Waals surface area contributed by atoms with Gasteiger partial charge in [0.2, 0.25) is 0 Å². The van der Waals surface area contributed by atoms with Crippen LogP contribution in [0.3, 0.4) is 0 Å². The third-order valence-corrected chi connectivity index (χ3v) is 3.35. The summed E-state index contributed by atoms with van der Waals surface area (Å²) in [6.07, 6.45) is 0. The number of rotatable bonds is 0. The largest absolute Gasteiger partial charge is 0.507 e. The highest BCUT2D eigenvalue weighted by Crippen LogP contribution is 2.38. The summed E-state index contributed by atoms with van der Waals surface area (Å²) in [5.74, 6) is 0.186. The van der Waals surface area contributed by atoms with Gasteiger partial charge in [0, 0.05) is 22.2 Å². The lowest BCUT2D eigenvalue weighted by atomic mass is 9.97. The number of hydrogen-bond donors (Lipinski definition) is 1. The van der Waals surface area contributed by atoms with E-state index in [-0.39, 0.29) is 5.75 Å². The Morgan fingerprint density at radius 1 is 0.944 bits per heavy atom. The van der Waals surface area contributed by atoms with Crippen LogP contribution >= 0.6 is 0 Å². The molecule has 86 valence electrons. The lowest BCUT2D eigenvalue weighted by Crippen LogP contribution is -1.97. The standard InChI is InChI=1S/C15H8O3/c16-11-6-9-7-13(17)18-12-5-4-8-2-1-3-10(11)14(8)15(9)12/h1-7,16H. The number of aromatic hydroxyl groups is 1. The topological polar surface area (TPSA) is 50.4 Å². The average molecular weight is 236 g/mol. The second-order valence-corrected chi connectivity index (χ2v) is 4.39. The molecule has 0 saturated carbocycles. The van der Waals surface area contributed by atoms with Crippen LogP contribution in [0.25, 0.3) is 32.5 Å². The highest BCUT2D eigenvalue weighted by molar-refractivity contribution is 6.23. The molecule has 0 bridgehead atoms. The van der Waals surface area contributed by atoms with Gasteiger partial charge in [0.25, 0.3) is 0 Å². The number of phenols is 1. The normalized spacial score (nSPS) is 11.8. The molecule has 4 aromatic rings. The van der Waals surface area contributed by atoms with E-state index in [0.29, 0.717) is 11.0 Å². The molecular weight excluding hydrogens is 228 g/mol. The molecule has 0 radical (unpaired) electrons. The summed E-state index contributed by atoms with van der Waals surface area (Å²) in [6.45, 7) is 0. The second-order valence-electron chi connectivity index (χ2n) is 4.39. The Labute approximate surface area is 101 Å². The van der Waals surface area contributed by atoms with Crippen molar-refractivity contribution in [1.82, 2.24) is 0 Å². The third-order valence-electron chi connectivity index (χ3n) is 3.35. The maximum absolute atomic E-state index is 11.4. The summed E-state index contributed by atoms with van der Waals surface area (Å²) in [5.41, 5.74) is 0.154. The molecule has 0 saturated heterocycles. The molecule has 0 spiro atoms. The maximum atomic E-state index is 11.4. The van der Waals surface area contributed by atoms with Crippen molar-refractivity contribution in [2.24, 2.45) is 0 Å². The van der Waals surface area contributed by atoms with Gasteiger partial charge in [-0.15, -0.1) is 0 Å². The van der Waals surface area contributed by atoms with Crippen molar-refractivity contribution in [1.29, 1.82) is 0 Å². The predicted molar refractivity (Wildman–Crippen MR) is 70.3 cm³/mol. The summed E-state index contributed by atoms with van der Waals surface area (Å²) < 4.78 is 5.21. The Morgan fingerprint density at radius 2 is 1.83 bits per heavy atom. The van der Waals surface area contributed by atoms with E-state index in [1.54, 1.807) is 12.1 Å². The van der Waals surface area contributed by atoms with Gasteiger partial charge in [0.1, 0.15) is 11.3 Å².